The van der Waals surface area contributed by atoms with Crippen molar-refractivity contribution in [2.75, 3.05) is 40.4 Å². The number of likely N-dealkylation sites (N-methyl/N-ethyl adjacent to an activating group) is 1. The summed E-state index contributed by atoms with van der Waals surface area (Å²) in [7, 11) is 3.27. The van der Waals surface area contributed by atoms with Crippen LogP contribution in [0.3, 0.4) is 0 Å². The molecule has 1 rings (SSSR count). The smallest absolute Gasteiger partial charge is 0.239 e. The Bertz CT molecular complexity index is 323. The highest BCUT2D eigenvalue weighted by Gasteiger charge is 2.29. The van der Waals surface area contributed by atoms with E-state index in [9.17, 15) is 9.59 Å². The van der Waals surface area contributed by atoms with Gasteiger partial charge < -0.3 is 20.7 Å². The molecular formula is C14H27N3O3. The van der Waals surface area contributed by atoms with Crippen molar-refractivity contribution in [2.45, 2.75) is 25.7 Å². The average molecular weight is 285 g/mol. The molecule has 2 unspecified atom stereocenters. The summed E-state index contributed by atoms with van der Waals surface area (Å²) in [4.78, 5) is 25.5. The van der Waals surface area contributed by atoms with E-state index in [1.165, 1.54) is 4.90 Å². The molecule has 3 N–H and O–H groups in total. The Morgan fingerprint density at radius 1 is 1.40 bits per heavy atom. The topological polar surface area (TPSA) is 84.7 Å². The lowest BCUT2D eigenvalue weighted by Crippen LogP contribution is -2.43. The van der Waals surface area contributed by atoms with Gasteiger partial charge in [0.15, 0.2) is 0 Å². The third-order valence-electron chi connectivity index (χ3n) is 3.85. The van der Waals surface area contributed by atoms with Gasteiger partial charge in [0.1, 0.15) is 0 Å². The molecule has 2 amide bonds. The number of carbonyl (C=O) groups excluding carboxylic acids is 2. The van der Waals surface area contributed by atoms with E-state index in [1.807, 2.05) is 0 Å². The number of rotatable bonds is 7. The van der Waals surface area contributed by atoms with Gasteiger partial charge in [-0.2, -0.15) is 0 Å². The van der Waals surface area contributed by atoms with Crippen molar-refractivity contribution < 1.29 is 14.3 Å². The summed E-state index contributed by atoms with van der Waals surface area (Å²) < 4.78 is 4.86. The zero-order chi connectivity index (χ0) is 15.0. The molecular weight excluding hydrogens is 258 g/mol. The van der Waals surface area contributed by atoms with E-state index in [0.717, 1.165) is 25.7 Å². The van der Waals surface area contributed by atoms with Crippen molar-refractivity contribution in [2.24, 2.45) is 17.6 Å². The fourth-order valence-electron chi connectivity index (χ4n) is 2.68. The summed E-state index contributed by atoms with van der Waals surface area (Å²) in [5, 5.41) is 2.71. The Morgan fingerprint density at radius 3 is 2.80 bits per heavy atom. The minimum Gasteiger partial charge on any atom is -0.383 e. The Hall–Kier alpha value is -1.14. The van der Waals surface area contributed by atoms with Gasteiger partial charge in [-0.1, -0.05) is 6.42 Å². The third-order valence-corrected chi connectivity index (χ3v) is 3.85. The normalized spacial score (nSPS) is 22.4. The molecule has 2 atom stereocenters. The summed E-state index contributed by atoms with van der Waals surface area (Å²) in [6.07, 6.45) is 3.92. The van der Waals surface area contributed by atoms with E-state index in [2.05, 4.69) is 5.32 Å². The molecule has 0 saturated heterocycles. The maximum Gasteiger partial charge on any atom is 0.239 e. The summed E-state index contributed by atoms with van der Waals surface area (Å²) in [6, 6.07) is 0. The van der Waals surface area contributed by atoms with Crippen molar-refractivity contribution in [3.63, 3.8) is 0 Å². The van der Waals surface area contributed by atoms with Crippen molar-refractivity contribution in [3.8, 4) is 0 Å². The number of nitrogens with one attached hydrogen (secondary N) is 1. The van der Waals surface area contributed by atoms with Gasteiger partial charge in [-0.3, -0.25) is 9.59 Å². The van der Waals surface area contributed by atoms with E-state index in [-0.39, 0.29) is 24.3 Å². The van der Waals surface area contributed by atoms with E-state index >= 15 is 0 Å². The first-order chi connectivity index (χ1) is 9.58. The fraction of sp³-hybridized carbons (Fsp3) is 0.857. The number of amides is 2. The van der Waals surface area contributed by atoms with Crippen LogP contribution in [-0.4, -0.2) is 57.1 Å². The number of hydrogen-bond donors (Lipinski definition) is 2. The molecule has 6 nitrogen and oxygen atoms in total. The van der Waals surface area contributed by atoms with E-state index in [0.29, 0.717) is 25.6 Å². The van der Waals surface area contributed by atoms with Gasteiger partial charge in [0, 0.05) is 26.6 Å². The van der Waals surface area contributed by atoms with Gasteiger partial charge in [0.05, 0.1) is 13.2 Å². The molecule has 0 aliphatic heterocycles. The van der Waals surface area contributed by atoms with Crippen LogP contribution in [0.25, 0.3) is 0 Å². The van der Waals surface area contributed by atoms with Gasteiger partial charge in [-0.25, -0.2) is 0 Å². The lowest BCUT2D eigenvalue weighted by molar-refractivity contribution is -0.139. The van der Waals surface area contributed by atoms with E-state index in [4.69, 9.17) is 10.5 Å². The van der Waals surface area contributed by atoms with Crippen molar-refractivity contribution >= 4 is 11.8 Å². The number of nitrogens with zero attached hydrogens (tertiary/aromatic N) is 1. The van der Waals surface area contributed by atoms with Crippen LogP contribution < -0.4 is 11.1 Å². The maximum atomic E-state index is 12.3. The largest absolute Gasteiger partial charge is 0.383 e. The molecule has 1 fully saturated rings. The number of hydrogen-bond acceptors (Lipinski definition) is 4. The van der Waals surface area contributed by atoms with Gasteiger partial charge in [-0.05, 0) is 31.7 Å². The first-order valence-electron chi connectivity index (χ1n) is 7.29. The fourth-order valence-corrected chi connectivity index (χ4v) is 2.68. The van der Waals surface area contributed by atoms with Gasteiger partial charge >= 0.3 is 0 Å². The van der Waals surface area contributed by atoms with Crippen LogP contribution in [0, 0.1) is 11.8 Å². The summed E-state index contributed by atoms with van der Waals surface area (Å²) in [5.74, 6) is 0.379. The molecule has 1 aliphatic rings. The molecule has 20 heavy (non-hydrogen) atoms. The lowest BCUT2D eigenvalue weighted by atomic mass is 9.81. The molecule has 0 aromatic heterocycles. The van der Waals surface area contributed by atoms with Crippen LogP contribution in [0.15, 0.2) is 0 Å². The van der Waals surface area contributed by atoms with Gasteiger partial charge in [0.2, 0.25) is 11.8 Å². The zero-order valence-electron chi connectivity index (χ0n) is 12.6. The van der Waals surface area contributed by atoms with Crippen LogP contribution in [-0.2, 0) is 14.3 Å². The number of methoxy groups -OCH3 is 1. The predicted octanol–water partition coefficient (Wildman–Crippen LogP) is -0.0275. The number of carbonyl (C=O) groups is 2. The maximum absolute atomic E-state index is 12.3. The van der Waals surface area contributed by atoms with Crippen LogP contribution in [0.2, 0.25) is 0 Å². The summed E-state index contributed by atoms with van der Waals surface area (Å²) in [5.41, 5.74) is 5.69. The molecule has 0 aromatic rings. The average Bonchev–Trinajstić information content (AvgIpc) is 2.46. The highest BCUT2D eigenvalue weighted by molar-refractivity contribution is 5.85. The van der Waals surface area contributed by atoms with Gasteiger partial charge in [-0.15, -0.1) is 0 Å². The molecule has 1 saturated carbocycles. The SMILES string of the molecule is COCCNC(=O)CN(C)C(=O)C1CCCC(CN)C1. The Morgan fingerprint density at radius 2 is 2.15 bits per heavy atom. The lowest BCUT2D eigenvalue weighted by Gasteiger charge is -2.30. The molecule has 6 heteroatoms. The monoisotopic (exact) mass is 285 g/mol. The van der Waals surface area contributed by atoms with Gasteiger partial charge in [0.25, 0.3) is 0 Å². The van der Waals surface area contributed by atoms with Crippen LogP contribution >= 0.6 is 0 Å². The van der Waals surface area contributed by atoms with E-state index < -0.39 is 0 Å². The quantitative estimate of drug-likeness (QED) is 0.643. The molecule has 0 radical (unpaired) electrons. The Labute approximate surface area is 121 Å². The minimum absolute atomic E-state index is 0.0223. The Kier molecular flexibility index (Phi) is 7.54. The number of ether oxygens (including phenoxy) is 1. The standard InChI is InChI=1S/C14H27N3O3/c1-17(10-13(18)16-6-7-20-2)14(19)12-5-3-4-11(8-12)9-15/h11-12H,3-10,15H2,1-2H3,(H,16,18). The van der Waals surface area contributed by atoms with Crippen LogP contribution in [0.5, 0.6) is 0 Å². The molecule has 0 bridgehead atoms. The molecule has 0 aromatic carbocycles. The molecule has 116 valence electrons. The molecule has 0 heterocycles. The molecule has 1 aliphatic carbocycles. The first kappa shape index (κ1) is 16.9. The summed E-state index contributed by atoms with van der Waals surface area (Å²) in [6.45, 7) is 1.69. The predicted molar refractivity (Wildman–Crippen MR) is 77.0 cm³/mol. The highest BCUT2D eigenvalue weighted by atomic mass is 16.5. The second-order valence-electron chi connectivity index (χ2n) is 5.50. The minimum atomic E-state index is -0.149. The van der Waals surface area contributed by atoms with Crippen molar-refractivity contribution in [1.29, 1.82) is 0 Å². The second-order valence-corrected chi connectivity index (χ2v) is 5.50. The van der Waals surface area contributed by atoms with Crippen molar-refractivity contribution in [1.82, 2.24) is 10.2 Å². The van der Waals surface area contributed by atoms with Crippen LogP contribution in [0.4, 0.5) is 0 Å². The highest BCUT2D eigenvalue weighted by Crippen LogP contribution is 2.29. The van der Waals surface area contributed by atoms with E-state index in [1.54, 1.807) is 14.2 Å². The molecule has 0 spiro atoms. The first-order valence-corrected chi connectivity index (χ1v) is 7.29. The third kappa shape index (κ3) is 5.46. The Balaban J connectivity index is 2.36. The number of nitrogens with two attached hydrogens (primary N) is 1. The van der Waals surface area contributed by atoms with Crippen LogP contribution in [0.1, 0.15) is 25.7 Å². The van der Waals surface area contributed by atoms with Crippen molar-refractivity contribution in [3.05, 3.63) is 0 Å². The zero-order valence-corrected chi connectivity index (χ0v) is 12.6. The summed E-state index contributed by atoms with van der Waals surface area (Å²) >= 11 is 0. The second kappa shape index (κ2) is 8.92.